The number of hydrogen-bond donors (Lipinski definition) is 1. The Morgan fingerprint density at radius 1 is 1.03 bits per heavy atom. The number of benzene rings is 2. The molecule has 0 amide bonds. The number of hydrogen-bond acceptors (Lipinski definition) is 2. The van der Waals surface area contributed by atoms with Gasteiger partial charge in [-0.25, -0.2) is 4.79 Å². The molecule has 0 bridgehead atoms. The molecule has 2 aromatic carbocycles. The molecule has 1 fully saturated rings. The van der Waals surface area contributed by atoms with Crippen LogP contribution in [0.1, 0.15) is 77.0 Å². The zero-order valence-electron chi connectivity index (χ0n) is 16.6. The van der Waals surface area contributed by atoms with Gasteiger partial charge in [0.05, 0.1) is 11.6 Å². The highest BCUT2D eigenvalue weighted by molar-refractivity contribution is 5.90. The van der Waals surface area contributed by atoms with Gasteiger partial charge in [-0.2, -0.15) is 0 Å². The van der Waals surface area contributed by atoms with Gasteiger partial charge in [0.25, 0.3) is 0 Å². The van der Waals surface area contributed by atoms with E-state index >= 15 is 0 Å². The topological polar surface area (TPSA) is 40.5 Å². The summed E-state index contributed by atoms with van der Waals surface area (Å²) < 4.78 is 0. The van der Waals surface area contributed by atoms with Crippen LogP contribution in [0.2, 0.25) is 0 Å². The molecule has 6 rings (SSSR count). The van der Waals surface area contributed by atoms with Gasteiger partial charge in [0.15, 0.2) is 0 Å². The SMILES string of the molecule is O=C(O)c1cc2c3c(c1)[C@@H]1CCCC[C@@H]1CN3[C@H](c1ccccc1)[C@@H]1CC=C[C@@H]21. The van der Waals surface area contributed by atoms with Gasteiger partial charge < -0.3 is 10.0 Å². The van der Waals surface area contributed by atoms with E-state index in [1.54, 1.807) is 0 Å². The molecule has 5 atom stereocenters. The summed E-state index contributed by atoms with van der Waals surface area (Å²) in [5, 5.41) is 9.83. The smallest absolute Gasteiger partial charge is 0.335 e. The number of nitrogens with zero attached hydrogens (tertiary/aromatic N) is 1. The molecule has 1 N–H and O–H groups in total. The lowest BCUT2D eigenvalue weighted by atomic mass is 9.66. The van der Waals surface area contributed by atoms with Crippen LogP contribution in [0.15, 0.2) is 54.6 Å². The van der Waals surface area contributed by atoms with Crippen LogP contribution in [0, 0.1) is 11.8 Å². The first kappa shape index (κ1) is 17.3. The Morgan fingerprint density at radius 2 is 1.83 bits per heavy atom. The summed E-state index contributed by atoms with van der Waals surface area (Å²) in [6.07, 6.45) is 10.8. The predicted molar refractivity (Wildman–Crippen MR) is 115 cm³/mol. The molecule has 2 aliphatic heterocycles. The molecule has 148 valence electrons. The molecule has 2 aromatic rings. The van der Waals surface area contributed by atoms with Crippen LogP contribution >= 0.6 is 0 Å². The summed E-state index contributed by atoms with van der Waals surface area (Å²) in [5.74, 6) is 1.18. The van der Waals surface area contributed by atoms with Crippen LogP contribution in [-0.2, 0) is 0 Å². The minimum atomic E-state index is -0.794. The number of carboxylic acids is 1. The van der Waals surface area contributed by atoms with Gasteiger partial charge in [0.2, 0.25) is 0 Å². The lowest BCUT2D eigenvalue weighted by Gasteiger charge is -2.53. The zero-order valence-corrected chi connectivity index (χ0v) is 16.6. The molecule has 0 radical (unpaired) electrons. The molecule has 0 saturated heterocycles. The second kappa shape index (κ2) is 6.48. The zero-order chi connectivity index (χ0) is 19.5. The van der Waals surface area contributed by atoms with Gasteiger partial charge in [-0.05, 0) is 65.8 Å². The molecular weight excluding hydrogens is 358 g/mol. The highest BCUT2D eigenvalue weighted by Gasteiger charge is 2.48. The molecule has 1 saturated carbocycles. The monoisotopic (exact) mass is 385 g/mol. The van der Waals surface area contributed by atoms with Gasteiger partial charge in [0.1, 0.15) is 0 Å². The first-order valence-corrected chi connectivity index (χ1v) is 11.1. The fourth-order valence-corrected chi connectivity index (χ4v) is 6.74. The van der Waals surface area contributed by atoms with Crippen molar-refractivity contribution in [2.45, 2.75) is 50.0 Å². The summed E-state index contributed by atoms with van der Waals surface area (Å²) >= 11 is 0. The lowest BCUT2D eigenvalue weighted by molar-refractivity contribution is 0.0696. The molecule has 2 heterocycles. The van der Waals surface area contributed by atoms with E-state index in [1.165, 1.54) is 48.1 Å². The second-order valence-corrected chi connectivity index (χ2v) is 9.32. The molecule has 4 aliphatic rings. The normalized spacial score (nSPS) is 31.7. The summed E-state index contributed by atoms with van der Waals surface area (Å²) in [6.45, 7) is 1.11. The van der Waals surface area contributed by atoms with E-state index in [4.69, 9.17) is 0 Å². The molecular formula is C26H27NO2. The fourth-order valence-electron chi connectivity index (χ4n) is 6.74. The third kappa shape index (κ3) is 2.52. The highest BCUT2D eigenvalue weighted by Crippen LogP contribution is 2.59. The highest BCUT2D eigenvalue weighted by atomic mass is 16.4. The third-order valence-electron chi connectivity index (χ3n) is 7.90. The van der Waals surface area contributed by atoms with Crippen molar-refractivity contribution in [1.29, 1.82) is 0 Å². The maximum atomic E-state index is 12.0. The van der Waals surface area contributed by atoms with E-state index in [-0.39, 0.29) is 0 Å². The molecule has 0 unspecified atom stereocenters. The largest absolute Gasteiger partial charge is 0.478 e. The maximum absolute atomic E-state index is 12.0. The minimum absolute atomic E-state index is 0.324. The van der Waals surface area contributed by atoms with Crippen LogP contribution in [0.4, 0.5) is 5.69 Å². The Balaban J connectivity index is 1.60. The van der Waals surface area contributed by atoms with Crippen LogP contribution in [0.25, 0.3) is 0 Å². The molecule has 3 nitrogen and oxygen atoms in total. The van der Waals surface area contributed by atoms with Crippen molar-refractivity contribution in [3.63, 3.8) is 0 Å². The number of aromatic carboxylic acids is 1. The average Bonchev–Trinajstić information content (AvgIpc) is 3.24. The van der Waals surface area contributed by atoms with Crippen LogP contribution in [0.3, 0.4) is 0 Å². The Bertz CT molecular complexity index is 995. The standard InChI is InChI=1S/C26H27NO2/c28-26(29)18-13-22-19-10-5-4-9-17(19)15-27-24(16-7-2-1-3-8-16)21-12-6-11-20(21)23(14-18)25(22)27/h1-3,6-8,11,13-14,17,19-21,24H,4-5,9-10,12,15H2,(H,28,29)/t17-,19-,20-,21-,24-/m1/s1. The summed E-state index contributed by atoms with van der Waals surface area (Å²) in [5.41, 5.74) is 5.81. The quantitative estimate of drug-likeness (QED) is 0.655. The Morgan fingerprint density at radius 3 is 2.66 bits per heavy atom. The lowest BCUT2D eigenvalue weighted by Crippen LogP contribution is -2.47. The van der Waals surface area contributed by atoms with Gasteiger partial charge in [-0.15, -0.1) is 0 Å². The van der Waals surface area contributed by atoms with Crippen molar-refractivity contribution in [1.82, 2.24) is 0 Å². The van der Waals surface area contributed by atoms with Gasteiger partial charge >= 0.3 is 5.97 Å². The molecule has 0 aromatic heterocycles. The summed E-state index contributed by atoms with van der Waals surface area (Å²) in [4.78, 5) is 14.6. The van der Waals surface area contributed by atoms with Gasteiger partial charge in [0, 0.05) is 18.2 Å². The van der Waals surface area contributed by atoms with E-state index in [2.05, 4.69) is 47.4 Å². The molecule has 29 heavy (non-hydrogen) atoms. The summed E-state index contributed by atoms with van der Waals surface area (Å²) in [7, 11) is 0. The third-order valence-corrected chi connectivity index (χ3v) is 7.90. The number of allylic oxidation sites excluding steroid dienone is 2. The van der Waals surface area contributed by atoms with Crippen molar-refractivity contribution >= 4 is 11.7 Å². The predicted octanol–water partition coefficient (Wildman–Crippen LogP) is 5.89. The molecule has 0 spiro atoms. The van der Waals surface area contributed by atoms with Crippen LogP contribution < -0.4 is 4.90 Å². The summed E-state index contributed by atoms with van der Waals surface area (Å²) in [6, 6.07) is 15.3. The minimum Gasteiger partial charge on any atom is -0.478 e. The molecule has 3 heteroatoms. The van der Waals surface area contributed by atoms with Crippen molar-refractivity contribution in [2.75, 3.05) is 11.4 Å². The Labute approximate surface area is 172 Å². The number of fused-ring (bicyclic) bond motifs is 4. The molecule has 2 aliphatic carbocycles. The van der Waals surface area contributed by atoms with Gasteiger partial charge in [-0.3, -0.25) is 0 Å². The average molecular weight is 386 g/mol. The van der Waals surface area contributed by atoms with Crippen molar-refractivity contribution in [2.24, 2.45) is 11.8 Å². The van der Waals surface area contributed by atoms with Crippen molar-refractivity contribution in [3.05, 3.63) is 76.9 Å². The first-order chi connectivity index (χ1) is 14.2. The van der Waals surface area contributed by atoms with E-state index in [0.717, 1.165) is 13.0 Å². The maximum Gasteiger partial charge on any atom is 0.335 e. The number of rotatable bonds is 2. The van der Waals surface area contributed by atoms with Crippen molar-refractivity contribution in [3.8, 4) is 0 Å². The Kier molecular flexibility index (Phi) is 3.87. The number of carbonyl (C=O) groups is 1. The second-order valence-electron chi connectivity index (χ2n) is 9.32. The Hall–Kier alpha value is -2.55. The van der Waals surface area contributed by atoms with Crippen LogP contribution in [0.5, 0.6) is 0 Å². The van der Waals surface area contributed by atoms with E-state index in [9.17, 15) is 9.90 Å². The van der Waals surface area contributed by atoms with E-state index < -0.39 is 5.97 Å². The van der Waals surface area contributed by atoms with Gasteiger partial charge in [-0.1, -0.05) is 55.3 Å². The van der Waals surface area contributed by atoms with Crippen LogP contribution in [-0.4, -0.2) is 17.6 Å². The first-order valence-electron chi connectivity index (χ1n) is 11.1. The van der Waals surface area contributed by atoms with E-state index in [0.29, 0.717) is 35.3 Å². The van der Waals surface area contributed by atoms with Crippen molar-refractivity contribution < 1.29 is 9.90 Å². The number of anilines is 1. The number of carboxylic acid groups (broad SMARTS) is 1. The fraction of sp³-hybridized carbons (Fsp3) is 0.423. The van der Waals surface area contributed by atoms with E-state index in [1.807, 2.05) is 12.1 Å².